The van der Waals surface area contributed by atoms with Gasteiger partial charge < -0.3 is 30.2 Å². The topological polar surface area (TPSA) is 133 Å². The Morgan fingerprint density at radius 1 is 0.511 bits per heavy atom. The van der Waals surface area contributed by atoms with Gasteiger partial charge in [0.1, 0.15) is 0 Å². The number of carbonyl (C=O) groups excluding carboxylic acids is 2. The van der Waals surface area contributed by atoms with Crippen molar-refractivity contribution in [1.82, 2.24) is 0 Å². The molecule has 0 atom stereocenters. The van der Waals surface area contributed by atoms with Gasteiger partial charge in [0, 0.05) is 61.3 Å². The molecule has 0 aliphatic heterocycles. The van der Waals surface area contributed by atoms with E-state index in [0.717, 1.165) is 23.5 Å². The van der Waals surface area contributed by atoms with Gasteiger partial charge >= 0.3 is 0 Å². The third-order valence-corrected chi connectivity index (χ3v) is 5.49. The smallest absolute Gasteiger partial charge is 0.152 e. The van der Waals surface area contributed by atoms with Crippen LogP contribution in [-0.4, -0.2) is 39.8 Å². The molecule has 0 spiro atoms. The van der Waals surface area contributed by atoms with Crippen molar-refractivity contribution in [1.29, 1.82) is 0 Å². The van der Waals surface area contributed by atoms with Crippen molar-refractivity contribution in [2.45, 2.75) is 13.8 Å². The summed E-state index contributed by atoms with van der Waals surface area (Å²) in [6.45, 7) is 2.72. The zero-order valence-electron chi connectivity index (χ0n) is 26.4. The van der Waals surface area contributed by atoms with Crippen LogP contribution < -0.4 is 30.2 Å². The standard InChI is InChI=1S/2C10H10O2.2C8H11NO.Ti/c2*1-8(11)7-10(12)9-5-3-2-4-6-9;2*1-9(2)7-3-5-8(10)6-4-7;/h2*2-7,12H,1H3;2*3-6,10H,1-2H3;/p-4/b2*10-7-;;;. The molecule has 45 heavy (non-hydrogen) atoms. The molecule has 0 bridgehead atoms. The second-order valence-electron chi connectivity index (χ2n) is 9.75. The number of benzene rings is 4. The molecule has 0 heterocycles. The number of nitrogens with zero attached hydrogens (tertiary/aromatic N) is 2. The van der Waals surface area contributed by atoms with Crippen LogP contribution >= 0.6 is 0 Å². The quantitative estimate of drug-likeness (QED) is 0.177. The molecule has 0 saturated heterocycles. The largest absolute Gasteiger partial charge is 0.872 e. The van der Waals surface area contributed by atoms with Gasteiger partial charge in [0.05, 0.1) is 0 Å². The molecule has 0 aromatic heterocycles. The molecule has 0 fully saturated rings. The van der Waals surface area contributed by atoms with Gasteiger partial charge in [-0.1, -0.05) is 96.4 Å². The maximum Gasteiger partial charge on any atom is 0.152 e. The summed E-state index contributed by atoms with van der Waals surface area (Å²) >= 11 is 0. The Labute approximate surface area is 281 Å². The van der Waals surface area contributed by atoms with Gasteiger partial charge in [-0.05, 0) is 61.4 Å². The average Bonchev–Trinajstić information content (AvgIpc) is 2.99. The first kappa shape index (κ1) is 40.2. The Morgan fingerprint density at radius 2 is 0.778 bits per heavy atom. The third-order valence-electron chi connectivity index (χ3n) is 5.49. The van der Waals surface area contributed by atoms with E-state index >= 15 is 0 Å². The van der Waals surface area contributed by atoms with Crippen LogP contribution in [0.15, 0.2) is 121 Å². The Morgan fingerprint density at radius 3 is 1.00 bits per heavy atom. The van der Waals surface area contributed by atoms with Crippen LogP contribution in [0.3, 0.4) is 0 Å². The molecular weight excluding hydrogens is 604 g/mol. The van der Waals surface area contributed by atoms with Gasteiger partial charge in [-0.2, -0.15) is 0 Å². The van der Waals surface area contributed by atoms with Crippen LogP contribution in [0.2, 0.25) is 0 Å². The molecule has 4 aromatic rings. The molecule has 0 saturated carbocycles. The molecule has 0 unspecified atom stereocenters. The molecule has 4 aromatic carbocycles. The average molecular weight is 643 g/mol. The fraction of sp³-hybridized carbons (Fsp3) is 0.167. The zero-order valence-corrected chi connectivity index (χ0v) is 28.0. The Bertz CT molecular complexity index is 1350. The zero-order chi connectivity index (χ0) is 33.1. The maximum atomic E-state index is 11.2. The van der Waals surface area contributed by atoms with E-state index in [4.69, 9.17) is 0 Å². The number of carbonyl (C=O) groups is 2. The van der Waals surface area contributed by atoms with Crippen LogP contribution in [0.4, 0.5) is 11.4 Å². The van der Waals surface area contributed by atoms with E-state index < -0.39 is 0 Å². The predicted molar refractivity (Wildman–Crippen MR) is 171 cm³/mol. The van der Waals surface area contributed by atoms with Gasteiger partial charge in [-0.15, -0.1) is 11.5 Å². The SMILES string of the molecule is CC(=O)/C=C(\[O-])c1ccccc1.CC(=O)/C=C(\[O-])c1ccccc1.CN(C)c1ccc([O-])cc1.CN(C)c1ccc([O-])cc1.[Ti]. The molecule has 8 nitrogen and oxygen atoms in total. The van der Waals surface area contributed by atoms with E-state index in [0.29, 0.717) is 11.1 Å². The number of allylic oxidation sites excluding steroid dienone is 2. The summed E-state index contributed by atoms with van der Waals surface area (Å²) in [6.07, 6.45) is 2.19. The fourth-order valence-electron chi connectivity index (χ4n) is 3.23. The number of anilines is 2. The molecule has 0 aliphatic carbocycles. The van der Waals surface area contributed by atoms with Gasteiger partial charge in [0.25, 0.3) is 0 Å². The van der Waals surface area contributed by atoms with Crippen molar-refractivity contribution in [2.75, 3.05) is 38.0 Å². The van der Waals surface area contributed by atoms with Crippen LogP contribution in [0.5, 0.6) is 11.5 Å². The molecule has 0 N–H and O–H groups in total. The van der Waals surface area contributed by atoms with Crippen molar-refractivity contribution in [3.8, 4) is 11.5 Å². The summed E-state index contributed by atoms with van der Waals surface area (Å²) in [6, 6.07) is 30.9. The van der Waals surface area contributed by atoms with Gasteiger partial charge in [-0.3, -0.25) is 9.59 Å². The summed E-state index contributed by atoms with van der Waals surface area (Å²) in [4.78, 5) is 25.0. The van der Waals surface area contributed by atoms with Crippen molar-refractivity contribution in [3.05, 3.63) is 132 Å². The number of hydrogen-bond acceptors (Lipinski definition) is 8. The summed E-state index contributed by atoms with van der Waals surface area (Å²) < 4.78 is 0. The number of rotatable bonds is 6. The van der Waals surface area contributed by atoms with Crippen LogP contribution in [0, 0.1) is 0 Å². The Hall–Kier alpha value is -4.79. The first-order chi connectivity index (χ1) is 20.8. The maximum absolute atomic E-state index is 11.2. The predicted octanol–water partition coefficient (Wildman–Crippen LogP) is 3.60. The van der Waals surface area contributed by atoms with E-state index in [2.05, 4.69) is 0 Å². The molecule has 236 valence electrons. The molecule has 9 heteroatoms. The number of hydrogen-bond donors (Lipinski definition) is 0. The first-order valence-electron chi connectivity index (χ1n) is 13.6. The van der Waals surface area contributed by atoms with Crippen LogP contribution in [0.1, 0.15) is 25.0 Å². The van der Waals surface area contributed by atoms with Crippen molar-refractivity contribution in [2.24, 2.45) is 0 Å². The summed E-state index contributed by atoms with van der Waals surface area (Å²) in [7, 11) is 7.78. The van der Waals surface area contributed by atoms with Gasteiger partial charge in [-0.25, -0.2) is 0 Å². The van der Waals surface area contributed by atoms with E-state index in [-0.39, 0.29) is 56.3 Å². The molecular formula is C36H38N2O6Ti-4. The van der Waals surface area contributed by atoms with Gasteiger partial charge in [0.15, 0.2) is 11.6 Å². The first-order valence-corrected chi connectivity index (χ1v) is 13.6. The summed E-state index contributed by atoms with van der Waals surface area (Å²) in [5.41, 5.74) is 3.21. The van der Waals surface area contributed by atoms with E-state index in [9.17, 15) is 30.0 Å². The third kappa shape index (κ3) is 17.8. The second-order valence-corrected chi connectivity index (χ2v) is 9.75. The Balaban J connectivity index is 0.000000571. The Kier molecular flexibility index (Phi) is 19.5. The fourth-order valence-corrected chi connectivity index (χ4v) is 3.23. The van der Waals surface area contributed by atoms with Gasteiger partial charge in [0.2, 0.25) is 0 Å². The minimum atomic E-state index is -0.233. The minimum Gasteiger partial charge on any atom is -0.872 e. The summed E-state index contributed by atoms with van der Waals surface area (Å²) in [5.74, 6) is -0.782. The van der Waals surface area contributed by atoms with Crippen molar-refractivity contribution >= 4 is 34.5 Å². The van der Waals surface area contributed by atoms with Crippen molar-refractivity contribution in [3.63, 3.8) is 0 Å². The van der Waals surface area contributed by atoms with Crippen LogP contribution in [0.25, 0.3) is 11.5 Å². The second kappa shape index (κ2) is 21.8. The molecule has 4 rings (SSSR count). The monoisotopic (exact) mass is 642 g/mol. The normalized spacial score (nSPS) is 10.2. The van der Waals surface area contributed by atoms with E-state index in [1.165, 1.54) is 13.8 Å². The minimum absolute atomic E-state index is 0. The van der Waals surface area contributed by atoms with E-state index in [1.54, 1.807) is 72.8 Å². The summed E-state index contributed by atoms with van der Waals surface area (Å²) in [5, 5.41) is 43.6. The van der Waals surface area contributed by atoms with E-state index in [1.807, 2.05) is 74.4 Å². The molecule has 0 radical (unpaired) electrons. The number of ketones is 2. The molecule has 0 amide bonds. The van der Waals surface area contributed by atoms with Crippen LogP contribution in [-0.2, 0) is 31.3 Å². The molecule has 0 aliphatic rings. The van der Waals surface area contributed by atoms with Crippen molar-refractivity contribution < 1.29 is 51.7 Å².